The fourth-order valence-electron chi connectivity index (χ4n) is 2.39. The summed E-state index contributed by atoms with van der Waals surface area (Å²) in [4.78, 5) is 9.80. The Hall–Kier alpha value is -1.29. The van der Waals surface area contributed by atoms with Crippen molar-refractivity contribution in [1.82, 2.24) is 20.8 Å². The Morgan fingerprint density at radius 2 is 2.04 bits per heavy atom. The van der Waals surface area contributed by atoms with Crippen molar-refractivity contribution in [2.45, 2.75) is 35.8 Å². The summed E-state index contributed by atoms with van der Waals surface area (Å²) >= 11 is 1.95. The van der Waals surface area contributed by atoms with Gasteiger partial charge >= 0.3 is 0 Å². The molecule has 2 N–H and O–H groups in total. The molecule has 1 aromatic heterocycles. The van der Waals surface area contributed by atoms with Crippen molar-refractivity contribution >= 4 is 41.7 Å². The van der Waals surface area contributed by atoms with Gasteiger partial charge in [-0.2, -0.15) is 4.98 Å². The third kappa shape index (κ3) is 6.18. The number of aryl methyl sites for hydroxylation is 1. The minimum atomic E-state index is 0. The van der Waals surface area contributed by atoms with E-state index in [1.54, 1.807) is 7.05 Å². The smallest absolute Gasteiger partial charge is 0.228 e. The highest BCUT2D eigenvalue weighted by Crippen LogP contribution is 2.51. The van der Waals surface area contributed by atoms with Gasteiger partial charge in [-0.05, 0) is 31.9 Å². The predicted octanol–water partition coefficient (Wildman–Crippen LogP) is 3.03. The molecule has 6 nitrogen and oxygen atoms in total. The molecule has 1 aliphatic rings. The molecule has 0 atom stereocenters. The summed E-state index contributed by atoms with van der Waals surface area (Å²) in [5, 5.41) is 10.5. The summed E-state index contributed by atoms with van der Waals surface area (Å²) in [5.74, 6) is 2.13. The second-order valence-electron chi connectivity index (χ2n) is 5.94. The fraction of sp³-hybridized carbons (Fsp3) is 0.471. The maximum absolute atomic E-state index is 5.11. The van der Waals surface area contributed by atoms with Gasteiger partial charge in [0.25, 0.3) is 0 Å². The molecule has 136 valence electrons. The van der Waals surface area contributed by atoms with Gasteiger partial charge < -0.3 is 15.2 Å². The zero-order valence-corrected chi connectivity index (χ0v) is 17.6. The average Bonchev–Trinajstić information content (AvgIpc) is 3.23. The van der Waals surface area contributed by atoms with Crippen molar-refractivity contribution in [3.8, 4) is 0 Å². The molecule has 0 unspecified atom stereocenters. The van der Waals surface area contributed by atoms with Gasteiger partial charge in [0.1, 0.15) is 0 Å². The van der Waals surface area contributed by atoms with Crippen molar-refractivity contribution in [3.05, 3.63) is 42.0 Å². The SMILES string of the molecule is CN=C(NCCc1nc(C)no1)NCC1(Sc2ccccc2)CC1.I. The van der Waals surface area contributed by atoms with Crippen molar-refractivity contribution in [1.29, 1.82) is 0 Å². The van der Waals surface area contributed by atoms with E-state index >= 15 is 0 Å². The molecule has 25 heavy (non-hydrogen) atoms. The number of guanidine groups is 1. The predicted molar refractivity (Wildman–Crippen MR) is 112 cm³/mol. The van der Waals surface area contributed by atoms with Gasteiger partial charge in [-0.3, -0.25) is 4.99 Å². The fourth-order valence-corrected chi connectivity index (χ4v) is 3.63. The van der Waals surface area contributed by atoms with Crippen LogP contribution in [0.4, 0.5) is 0 Å². The number of benzene rings is 1. The van der Waals surface area contributed by atoms with Crippen molar-refractivity contribution in [3.63, 3.8) is 0 Å². The summed E-state index contributed by atoms with van der Waals surface area (Å²) in [6, 6.07) is 10.6. The lowest BCUT2D eigenvalue weighted by Gasteiger charge is -2.18. The van der Waals surface area contributed by atoms with Gasteiger partial charge in [-0.25, -0.2) is 0 Å². The molecular formula is C17H24IN5OS. The summed E-state index contributed by atoms with van der Waals surface area (Å²) in [7, 11) is 1.79. The number of hydrogen-bond acceptors (Lipinski definition) is 5. The Morgan fingerprint density at radius 3 is 2.64 bits per heavy atom. The van der Waals surface area contributed by atoms with Crippen LogP contribution in [0.5, 0.6) is 0 Å². The summed E-state index contributed by atoms with van der Waals surface area (Å²) in [5.41, 5.74) is 0. The molecule has 0 amide bonds. The number of thioether (sulfide) groups is 1. The lowest BCUT2D eigenvalue weighted by atomic mass is 10.4. The topological polar surface area (TPSA) is 75.3 Å². The Balaban J connectivity index is 0.00000225. The van der Waals surface area contributed by atoms with Gasteiger partial charge in [-0.15, -0.1) is 35.7 Å². The Morgan fingerprint density at radius 1 is 1.28 bits per heavy atom. The van der Waals surface area contributed by atoms with Crippen LogP contribution in [-0.4, -0.2) is 41.0 Å². The van der Waals surface area contributed by atoms with Crippen LogP contribution < -0.4 is 10.6 Å². The van der Waals surface area contributed by atoms with Crippen LogP contribution in [0.2, 0.25) is 0 Å². The molecule has 0 saturated heterocycles. The maximum Gasteiger partial charge on any atom is 0.228 e. The molecule has 8 heteroatoms. The Labute approximate surface area is 169 Å². The second-order valence-corrected chi connectivity index (χ2v) is 7.48. The molecule has 0 aliphatic heterocycles. The molecule has 2 aromatic rings. The van der Waals surface area contributed by atoms with Crippen LogP contribution in [-0.2, 0) is 6.42 Å². The Bertz CT molecular complexity index is 687. The number of rotatable bonds is 7. The highest BCUT2D eigenvalue weighted by molar-refractivity contribution is 14.0. The van der Waals surface area contributed by atoms with Gasteiger partial charge in [0, 0.05) is 36.2 Å². The zero-order chi connectivity index (χ0) is 16.8. The van der Waals surface area contributed by atoms with Crippen molar-refractivity contribution in [2.75, 3.05) is 20.1 Å². The monoisotopic (exact) mass is 473 g/mol. The second kappa shape index (κ2) is 9.42. The number of hydrogen-bond donors (Lipinski definition) is 2. The molecule has 1 fully saturated rings. The largest absolute Gasteiger partial charge is 0.356 e. The third-order valence-corrected chi connectivity index (χ3v) is 5.38. The van der Waals surface area contributed by atoms with Crippen LogP contribution in [0.25, 0.3) is 0 Å². The van der Waals surface area contributed by atoms with Crippen molar-refractivity contribution in [2.24, 2.45) is 4.99 Å². The Kier molecular flexibility index (Phi) is 7.55. The average molecular weight is 473 g/mol. The minimum absolute atomic E-state index is 0. The molecule has 0 spiro atoms. The molecule has 1 aromatic carbocycles. The van der Waals surface area contributed by atoms with E-state index in [2.05, 4.69) is 56.1 Å². The summed E-state index contributed by atoms with van der Waals surface area (Å²) in [6.45, 7) is 3.44. The summed E-state index contributed by atoms with van der Waals surface area (Å²) in [6.07, 6.45) is 3.15. The number of nitrogens with zero attached hydrogens (tertiary/aromatic N) is 3. The van der Waals surface area contributed by atoms with E-state index in [1.807, 2.05) is 18.7 Å². The number of halogens is 1. The summed E-state index contributed by atoms with van der Waals surface area (Å²) < 4.78 is 5.40. The van der Waals surface area contributed by atoms with E-state index in [1.165, 1.54) is 17.7 Å². The number of nitrogens with one attached hydrogen (secondary N) is 2. The van der Waals surface area contributed by atoms with E-state index in [0.29, 0.717) is 29.4 Å². The van der Waals surface area contributed by atoms with Gasteiger partial charge in [-0.1, -0.05) is 23.4 Å². The van der Waals surface area contributed by atoms with Crippen LogP contribution in [0.3, 0.4) is 0 Å². The normalized spacial score (nSPS) is 15.4. The van der Waals surface area contributed by atoms with Gasteiger partial charge in [0.15, 0.2) is 11.8 Å². The molecule has 1 heterocycles. The minimum Gasteiger partial charge on any atom is -0.356 e. The first-order valence-corrected chi connectivity index (χ1v) is 8.99. The van der Waals surface area contributed by atoms with E-state index < -0.39 is 0 Å². The van der Waals surface area contributed by atoms with Crippen LogP contribution >= 0.6 is 35.7 Å². The van der Waals surface area contributed by atoms with Gasteiger partial charge in [0.05, 0.1) is 0 Å². The first-order valence-electron chi connectivity index (χ1n) is 8.17. The first-order chi connectivity index (χ1) is 11.7. The van der Waals surface area contributed by atoms with Crippen LogP contribution in [0.1, 0.15) is 24.6 Å². The molecule has 0 bridgehead atoms. The highest BCUT2D eigenvalue weighted by atomic mass is 127. The standard InChI is InChI=1S/C17H23N5OS.HI/c1-13-21-15(23-22-13)8-11-19-16(18-2)20-12-17(9-10-17)24-14-6-4-3-5-7-14;/h3-7H,8-12H2,1-2H3,(H2,18,19,20);1H. The molecule has 1 aliphatic carbocycles. The number of aromatic nitrogens is 2. The lowest BCUT2D eigenvalue weighted by Crippen LogP contribution is -2.41. The molecule has 0 radical (unpaired) electrons. The van der Waals surface area contributed by atoms with E-state index in [-0.39, 0.29) is 24.0 Å². The first kappa shape index (κ1) is 20.0. The zero-order valence-electron chi connectivity index (χ0n) is 14.5. The van der Waals surface area contributed by atoms with Gasteiger partial charge in [0.2, 0.25) is 5.89 Å². The third-order valence-electron chi connectivity index (χ3n) is 3.89. The number of aliphatic imine (C=N–C) groups is 1. The van der Waals surface area contributed by atoms with Crippen LogP contribution in [0, 0.1) is 6.92 Å². The van der Waals surface area contributed by atoms with E-state index in [0.717, 1.165) is 12.5 Å². The highest BCUT2D eigenvalue weighted by Gasteiger charge is 2.43. The van der Waals surface area contributed by atoms with Crippen LogP contribution in [0.15, 0.2) is 44.7 Å². The lowest BCUT2D eigenvalue weighted by molar-refractivity contribution is 0.374. The molecule has 3 rings (SSSR count). The molecule has 1 saturated carbocycles. The van der Waals surface area contributed by atoms with E-state index in [9.17, 15) is 0 Å². The van der Waals surface area contributed by atoms with Crippen molar-refractivity contribution < 1.29 is 4.52 Å². The molecular weight excluding hydrogens is 449 g/mol. The quantitative estimate of drug-likeness (QED) is 0.366. The maximum atomic E-state index is 5.11. The van der Waals surface area contributed by atoms with E-state index in [4.69, 9.17) is 4.52 Å².